The molecule has 0 aliphatic heterocycles. The van der Waals surface area contributed by atoms with E-state index in [0.717, 1.165) is 16.8 Å². The zero-order chi connectivity index (χ0) is 14.0. The van der Waals surface area contributed by atoms with Crippen molar-refractivity contribution in [3.63, 3.8) is 0 Å². The summed E-state index contributed by atoms with van der Waals surface area (Å²) in [5.41, 5.74) is 3.40. The van der Waals surface area contributed by atoms with Gasteiger partial charge in [0.05, 0.1) is 0 Å². The van der Waals surface area contributed by atoms with Crippen molar-refractivity contribution in [2.24, 2.45) is 0 Å². The SMILES string of the molecule is Cc1cc(C)cc(N(C)c2ncccc2C(=O)O)c1. The molecule has 19 heavy (non-hydrogen) atoms. The van der Waals surface area contributed by atoms with Gasteiger partial charge in [-0.3, -0.25) is 0 Å². The van der Waals surface area contributed by atoms with E-state index in [0.29, 0.717) is 5.82 Å². The van der Waals surface area contributed by atoms with Crippen molar-refractivity contribution >= 4 is 17.5 Å². The van der Waals surface area contributed by atoms with Crippen molar-refractivity contribution in [2.45, 2.75) is 13.8 Å². The number of hydrogen-bond donors (Lipinski definition) is 1. The second kappa shape index (κ2) is 5.10. The molecule has 0 radical (unpaired) electrons. The molecule has 4 heteroatoms. The van der Waals surface area contributed by atoms with Gasteiger partial charge < -0.3 is 10.0 Å². The fraction of sp³-hybridized carbons (Fsp3) is 0.200. The smallest absolute Gasteiger partial charge is 0.339 e. The lowest BCUT2D eigenvalue weighted by Crippen LogP contribution is -2.15. The van der Waals surface area contributed by atoms with Crippen LogP contribution in [0.25, 0.3) is 0 Å². The minimum absolute atomic E-state index is 0.198. The highest BCUT2D eigenvalue weighted by Crippen LogP contribution is 2.26. The van der Waals surface area contributed by atoms with Crippen LogP contribution in [-0.4, -0.2) is 23.1 Å². The maximum absolute atomic E-state index is 11.2. The summed E-state index contributed by atoms with van der Waals surface area (Å²) in [6.07, 6.45) is 1.60. The lowest BCUT2D eigenvalue weighted by molar-refractivity contribution is 0.0697. The standard InChI is InChI=1S/C15H16N2O2/c1-10-7-11(2)9-12(8-10)17(3)14-13(15(18)19)5-4-6-16-14/h4-9H,1-3H3,(H,18,19). The normalized spacial score (nSPS) is 10.3. The molecule has 2 rings (SSSR count). The molecule has 98 valence electrons. The first-order chi connectivity index (χ1) is 8.99. The van der Waals surface area contributed by atoms with Crippen LogP contribution in [0.3, 0.4) is 0 Å². The average molecular weight is 256 g/mol. The Labute approximate surface area is 112 Å². The lowest BCUT2D eigenvalue weighted by atomic mass is 10.1. The zero-order valence-corrected chi connectivity index (χ0v) is 11.2. The van der Waals surface area contributed by atoms with E-state index in [1.165, 1.54) is 0 Å². The maximum atomic E-state index is 11.2. The van der Waals surface area contributed by atoms with Crippen LogP contribution in [-0.2, 0) is 0 Å². The third-order valence-corrected chi connectivity index (χ3v) is 2.93. The molecule has 0 spiro atoms. The van der Waals surface area contributed by atoms with Crippen LogP contribution in [0, 0.1) is 13.8 Å². The van der Waals surface area contributed by atoms with Crippen LogP contribution >= 0.6 is 0 Å². The van der Waals surface area contributed by atoms with Gasteiger partial charge in [-0.15, -0.1) is 0 Å². The number of carboxylic acid groups (broad SMARTS) is 1. The van der Waals surface area contributed by atoms with Crippen molar-refractivity contribution in [2.75, 3.05) is 11.9 Å². The van der Waals surface area contributed by atoms with Crippen molar-refractivity contribution in [3.05, 3.63) is 53.2 Å². The summed E-state index contributed by atoms with van der Waals surface area (Å²) in [4.78, 5) is 17.2. The summed E-state index contributed by atoms with van der Waals surface area (Å²) in [6, 6.07) is 9.28. The third-order valence-electron chi connectivity index (χ3n) is 2.93. The molecule has 0 aliphatic rings. The molecule has 1 heterocycles. The van der Waals surface area contributed by atoms with Gasteiger partial charge in [0.15, 0.2) is 0 Å². The molecular formula is C15H16N2O2. The molecule has 0 bridgehead atoms. The Kier molecular flexibility index (Phi) is 3.51. The predicted octanol–water partition coefficient (Wildman–Crippen LogP) is 3.16. The second-order valence-electron chi connectivity index (χ2n) is 4.58. The van der Waals surface area contributed by atoms with Gasteiger partial charge >= 0.3 is 5.97 Å². The zero-order valence-electron chi connectivity index (χ0n) is 11.2. The third kappa shape index (κ3) is 2.73. The van der Waals surface area contributed by atoms with Crippen molar-refractivity contribution in [3.8, 4) is 0 Å². The first-order valence-electron chi connectivity index (χ1n) is 5.99. The van der Waals surface area contributed by atoms with E-state index in [9.17, 15) is 9.90 Å². The van der Waals surface area contributed by atoms with Crippen LogP contribution in [0.5, 0.6) is 0 Å². The number of aromatic carboxylic acids is 1. The minimum atomic E-state index is -0.973. The summed E-state index contributed by atoms with van der Waals surface area (Å²) in [6.45, 7) is 4.03. The Morgan fingerprint density at radius 3 is 2.42 bits per heavy atom. The lowest BCUT2D eigenvalue weighted by Gasteiger charge is -2.21. The Balaban J connectivity index is 2.49. The number of carboxylic acids is 1. The molecule has 0 aliphatic carbocycles. The van der Waals surface area contributed by atoms with Gasteiger partial charge in [0, 0.05) is 18.9 Å². The van der Waals surface area contributed by atoms with E-state index < -0.39 is 5.97 Å². The van der Waals surface area contributed by atoms with Gasteiger partial charge in [0.2, 0.25) is 0 Å². The molecule has 0 unspecified atom stereocenters. The van der Waals surface area contributed by atoms with Gasteiger partial charge in [-0.25, -0.2) is 9.78 Å². The Morgan fingerprint density at radius 1 is 1.21 bits per heavy atom. The van der Waals surface area contributed by atoms with Crippen LogP contribution in [0.2, 0.25) is 0 Å². The Bertz CT molecular complexity index is 603. The summed E-state index contributed by atoms with van der Waals surface area (Å²) < 4.78 is 0. The number of nitrogens with zero attached hydrogens (tertiary/aromatic N) is 2. The molecular weight excluding hydrogens is 240 g/mol. The fourth-order valence-corrected chi connectivity index (χ4v) is 2.10. The molecule has 0 saturated heterocycles. The summed E-state index contributed by atoms with van der Waals surface area (Å²) in [5, 5.41) is 9.20. The van der Waals surface area contributed by atoms with Crippen molar-refractivity contribution in [1.82, 2.24) is 4.98 Å². The predicted molar refractivity (Wildman–Crippen MR) is 75.2 cm³/mol. The first kappa shape index (κ1) is 13.1. The number of aromatic nitrogens is 1. The van der Waals surface area contributed by atoms with E-state index in [1.807, 2.05) is 33.0 Å². The van der Waals surface area contributed by atoms with Crippen molar-refractivity contribution in [1.29, 1.82) is 0 Å². The molecule has 2 aromatic rings. The average Bonchev–Trinajstić information content (AvgIpc) is 2.36. The highest BCUT2D eigenvalue weighted by Gasteiger charge is 2.15. The molecule has 1 N–H and O–H groups in total. The van der Waals surface area contributed by atoms with Gasteiger partial charge in [0.1, 0.15) is 11.4 Å². The molecule has 0 fully saturated rings. The number of benzene rings is 1. The van der Waals surface area contributed by atoms with Crippen LogP contribution < -0.4 is 4.90 Å². The fourth-order valence-electron chi connectivity index (χ4n) is 2.10. The molecule has 1 aromatic heterocycles. The van der Waals surface area contributed by atoms with E-state index >= 15 is 0 Å². The number of carbonyl (C=O) groups is 1. The monoisotopic (exact) mass is 256 g/mol. The van der Waals surface area contributed by atoms with Crippen LogP contribution in [0.1, 0.15) is 21.5 Å². The quantitative estimate of drug-likeness (QED) is 0.916. The van der Waals surface area contributed by atoms with Gasteiger partial charge in [-0.1, -0.05) is 6.07 Å². The largest absolute Gasteiger partial charge is 0.478 e. The highest BCUT2D eigenvalue weighted by molar-refractivity contribution is 5.94. The number of anilines is 2. The number of rotatable bonds is 3. The topological polar surface area (TPSA) is 53.4 Å². The minimum Gasteiger partial charge on any atom is -0.478 e. The van der Waals surface area contributed by atoms with E-state index in [1.54, 1.807) is 23.2 Å². The first-order valence-corrected chi connectivity index (χ1v) is 5.99. The van der Waals surface area contributed by atoms with Crippen molar-refractivity contribution < 1.29 is 9.90 Å². The van der Waals surface area contributed by atoms with Crippen LogP contribution in [0.15, 0.2) is 36.5 Å². The number of aryl methyl sites for hydroxylation is 2. The molecule has 0 atom stereocenters. The molecule has 4 nitrogen and oxygen atoms in total. The Hall–Kier alpha value is -2.36. The maximum Gasteiger partial charge on any atom is 0.339 e. The van der Waals surface area contributed by atoms with Gasteiger partial charge in [-0.05, 0) is 49.2 Å². The summed E-state index contributed by atoms with van der Waals surface area (Å²) in [7, 11) is 1.82. The summed E-state index contributed by atoms with van der Waals surface area (Å²) in [5.74, 6) is -0.528. The van der Waals surface area contributed by atoms with E-state index in [4.69, 9.17) is 0 Å². The van der Waals surface area contributed by atoms with Gasteiger partial charge in [-0.2, -0.15) is 0 Å². The molecule has 0 amide bonds. The molecule has 0 saturated carbocycles. The van der Waals surface area contributed by atoms with E-state index in [2.05, 4.69) is 11.1 Å². The Morgan fingerprint density at radius 2 is 1.84 bits per heavy atom. The number of hydrogen-bond acceptors (Lipinski definition) is 3. The van der Waals surface area contributed by atoms with Gasteiger partial charge in [0.25, 0.3) is 0 Å². The highest BCUT2D eigenvalue weighted by atomic mass is 16.4. The summed E-state index contributed by atoms with van der Waals surface area (Å²) >= 11 is 0. The second-order valence-corrected chi connectivity index (χ2v) is 4.58. The molecule has 1 aromatic carbocycles. The number of pyridine rings is 1. The van der Waals surface area contributed by atoms with E-state index in [-0.39, 0.29) is 5.56 Å². The van der Waals surface area contributed by atoms with Crippen LogP contribution in [0.4, 0.5) is 11.5 Å².